The topological polar surface area (TPSA) is 443 Å². The summed E-state index contributed by atoms with van der Waals surface area (Å²) in [7, 11) is -3.97. The van der Waals surface area contributed by atoms with Crippen LogP contribution in [0.3, 0.4) is 0 Å². The molecule has 0 aromatic rings. The van der Waals surface area contributed by atoms with Crippen LogP contribution in [0.2, 0.25) is 0 Å². The highest BCUT2D eigenvalue weighted by Crippen LogP contribution is 2.15. The molecule has 29 heteroatoms. The van der Waals surface area contributed by atoms with Crippen molar-refractivity contribution in [2.45, 2.75) is 173 Å². The first-order valence-corrected chi connectivity index (χ1v) is 27.9. The summed E-state index contributed by atoms with van der Waals surface area (Å²) in [6.45, 7) is 6.23. The first-order chi connectivity index (χ1) is 36.7. The number of amides is 9. The lowest BCUT2D eigenvalue weighted by Crippen LogP contribution is -2.63. The van der Waals surface area contributed by atoms with Gasteiger partial charge in [-0.25, -0.2) is 0 Å². The maximum absolute atomic E-state index is 14.1. The lowest BCUT2D eigenvalue weighted by atomic mass is 9.99. The number of aliphatic hydroxyl groups is 2. The third kappa shape index (κ3) is 26.0. The Balaban J connectivity index is 3.70. The molecule has 1 fully saturated rings. The first kappa shape index (κ1) is 69.9. The Bertz CT molecular complexity index is 2200. The fourth-order valence-corrected chi connectivity index (χ4v) is 8.46. The van der Waals surface area contributed by atoms with Gasteiger partial charge >= 0.3 is 5.97 Å². The van der Waals surface area contributed by atoms with Gasteiger partial charge in [-0.1, -0.05) is 78.7 Å². The van der Waals surface area contributed by atoms with Crippen LogP contribution in [-0.4, -0.2) is 187 Å². The van der Waals surface area contributed by atoms with Crippen molar-refractivity contribution in [1.82, 2.24) is 47.4 Å². The number of unbranched alkanes of at least 4 members (excludes halogenated alkanes) is 6. The molecule has 0 aromatic heterocycles. The third-order valence-electron chi connectivity index (χ3n) is 12.7. The van der Waals surface area contributed by atoms with Crippen LogP contribution in [0.4, 0.5) is 0 Å². The molecule has 9 amide bonds. The Hall–Kier alpha value is -6.14. The number of cyclic esters (lactones) is 1. The quantitative estimate of drug-likeness (QED) is 0.0139. The molecule has 0 spiro atoms. The summed E-state index contributed by atoms with van der Waals surface area (Å²) < 4.78 is 39.5. The van der Waals surface area contributed by atoms with Crippen molar-refractivity contribution in [1.29, 1.82) is 0 Å². The second-order valence-corrected chi connectivity index (χ2v) is 21.1. The maximum Gasteiger partial charge on any atom is 0.325 e. The van der Waals surface area contributed by atoms with Crippen molar-refractivity contribution in [3.8, 4) is 0 Å². The van der Waals surface area contributed by atoms with Crippen molar-refractivity contribution >= 4 is 75.0 Å². The van der Waals surface area contributed by atoms with Crippen LogP contribution in [-0.2, 0) is 67.6 Å². The van der Waals surface area contributed by atoms with Gasteiger partial charge in [-0.3, -0.25) is 57.3 Å². The molecule has 1 aliphatic heterocycles. The molecule has 0 aromatic carbocycles. The SMILES string of the molecule is C/C=C1\NC(=O)[C@H](CN)NC(=O)[C@H](CO)NC(=O)[C@@H](NC(=O)[C@H](CS(=O)(=O)O)NC(=O)CC(=O)CCCCCCCCC(C)CC)[C@@H](C)OC(=O)CN(C)C(=O)[C@H](CCCCN)NC(=O)[C@H](CO)NC(=O)[C@H](C(C)C)NC1=O. The summed E-state index contributed by atoms with van der Waals surface area (Å²) in [5, 5.41) is 38.5. The van der Waals surface area contributed by atoms with E-state index < -0.39 is 174 Å². The van der Waals surface area contributed by atoms with E-state index in [4.69, 9.17) is 16.2 Å². The van der Waals surface area contributed by atoms with Gasteiger partial charge in [0, 0.05) is 20.0 Å². The van der Waals surface area contributed by atoms with Crippen LogP contribution in [0.25, 0.3) is 0 Å². The highest BCUT2D eigenvalue weighted by Gasteiger charge is 2.38. The van der Waals surface area contributed by atoms with Gasteiger partial charge in [0.2, 0.25) is 47.3 Å². The van der Waals surface area contributed by atoms with Crippen molar-refractivity contribution in [3.63, 3.8) is 0 Å². The van der Waals surface area contributed by atoms with E-state index >= 15 is 0 Å². The zero-order valence-electron chi connectivity index (χ0n) is 45.9. The van der Waals surface area contributed by atoms with Gasteiger partial charge in [-0.05, 0) is 57.9 Å². The largest absolute Gasteiger partial charge is 0.459 e. The zero-order chi connectivity index (χ0) is 59.3. The predicted molar refractivity (Wildman–Crippen MR) is 282 cm³/mol. The number of ether oxygens (including phenoxy) is 1. The minimum absolute atomic E-state index is 0.00211. The highest BCUT2D eigenvalue weighted by molar-refractivity contribution is 7.85. The molecule has 1 aliphatic rings. The molecule has 78 heavy (non-hydrogen) atoms. The van der Waals surface area contributed by atoms with E-state index in [-0.39, 0.29) is 25.8 Å². The van der Waals surface area contributed by atoms with Gasteiger partial charge in [0.05, 0.1) is 19.6 Å². The van der Waals surface area contributed by atoms with Gasteiger partial charge in [0.25, 0.3) is 16.0 Å². The summed E-state index contributed by atoms with van der Waals surface area (Å²) in [5.41, 5.74) is 11.0. The van der Waals surface area contributed by atoms with Crippen LogP contribution in [0.1, 0.15) is 125 Å². The molecular formula is C49H85N11O17S. The summed E-state index contributed by atoms with van der Waals surface area (Å²) in [5.74, 6) is -13.7. The number of esters is 1. The number of hydrogen-bond acceptors (Lipinski definition) is 18. The van der Waals surface area contributed by atoms with Gasteiger partial charge in [0.15, 0.2) is 0 Å². The van der Waals surface area contributed by atoms with E-state index in [0.29, 0.717) is 25.2 Å². The average Bonchev–Trinajstić information content (AvgIpc) is 3.37. The number of aliphatic hydroxyl groups excluding tert-OH is 2. The summed E-state index contributed by atoms with van der Waals surface area (Å²) in [6, 6.07) is -12.6. The number of nitrogens with one attached hydrogen (secondary N) is 8. The summed E-state index contributed by atoms with van der Waals surface area (Å²) in [6.07, 6.45) is 6.47. The number of allylic oxidation sites excluding steroid dienone is 1. The number of nitrogens with zero attached hydrogens (tertiary/aromatic N) is 1. The van der Waals surface area contributed by atoms with E-state index in [1.54, 1.807) is 0 Å². The Morgan fingerprint density at radius 3 is 1.88 bits per heavy atom. The Kier molecular flexibility index (Phi) is 32.3. The number of rotatable bonds is 25. The molecule has 0 aliphatic carbocycles. The van der Waals surface area contributed by atoms with Crippen LogP contribution in [0.15, 0.2) is 11.8 Å². The standard InChI is InChI=1S/C49H85N11O17S/c1-8-29(5)18-14-12-10-11-13-15-19-31(63)22-38(64)52-37(27-78(74,75)76)46(70)59-41-30(6)77-39(65)24-60(7)49(73)33(20-16-17-21-50)54-44(68)35(25-61)56-47(71)40(28(3)4)58-42(66)32(9-2)53-43(67)34(23-51)55-45(69)36(26-62)57-48(41)72/h9,28-30,33-37,40-41,61-62H,8,10-27,50-51H2,1-7H3,(H,52,64)(H,53,67)(H,54,68)(H,55,69)(H,56,71)(H,57,72)(H,58,66)(H,59,70)(H,74,75,76)/b32-9-/t29?,30-,33+,34+,35+,36+,37+,40+,41+/m1/s1. The second-order valence-electron chi connectivity index (χ2n) is 19.6. The average molecular weight is 1130 g/mol. The van der Waals surface area contributed by atoms with Crippen molar-refractivity contribution < 1.29 is 80.7 Å². The third-order valence-corrected chi connectivity index (χ3v) is 13.4. The van der Waals surface area contributed by atoms with Crippen molar-refractivity contribution in [3.05, 3.63) is 11.8 Å². The monoisotopic (exact) mass is 1130 g/mol. The lowest BCUT2D eigenvalue weighted by Gasteiger charge is -2.29. The molecular weight excluding hydrogens is 1050 g/mol. The molecule has 28 nitrogen and oxygen atoms in total. The Labute approximate surface area is 456 Å². The maximum atomic E-state index is 14.1. The molecule has 1 heterocycles. The van der Waals surface area contributed by atoms with Crippen LogP contribution >= 0.6 is 0 Å². The zero-order valence-corrected chi connectivity index (χ0v) is 46.7. The van der Waals surface area contributed by atoms with E-state index in [1.165, 1.54) is 20.8 Å². The number of ketones is 1. The predicted octanol–water partition coefficient (Wildman–Crippen LogP) is -3.45. The molecule has 1 unspecified atom stereocenters. The van der Waals surface area contributed by atoms with E-state index in [2.05, 4.69) is 56.4 Å². The lowest BCUT2D eigenvalue weighted by molar-refractivity contribution is -0.156. The van der Waals surface area contributed by atoms with E-state index in [0.717, 1.165) is 63.5 Å². The number of hydrogen-bond donors (Lipinski definition) is 13. The van der Waals surface area contributed by atoms with Gasteiger partial charge in [-0.15, -0.1) is 0 Å². The van der Waals surface area contributed by atoms with Crippen LogP contribution in [0, 0.1) is 11.8 Å². The number of nitrogens with two attached hydrogens (primary N) is 2. The second kappa shape index (κ2) is 36.1. The van der Waals surface area contributed by atoms with Gasteiger partial charge in [-0.2, -0.15) is 8.42 Å². The van der Waals surface area contributed by atoms with Crippen LogP contribution < -0.4 is 54.0 Å². The summed E-state index contributed by atoms with van der Waals surface area (Å²) >= 11 is 0. The van der Waals surface area contributed by atoms with E-state index in [9.17, 15) is 75.9 Å². The molecule has 0 bridgehead atoms. The molecule has 444 valence electrons. The molecule has 0 radical (unpaired) electrons. The van der Waals surface area contributed by atoms with Crippen LogP contribution in [0.5, 0.6) is 0 Å². The highest BCUT2D eigenvalue weighted by atomic mass is 32.2. The normalized spacial score (nSPS) is 23.5. The van der Waals surface area contributed by atoms with Crippen molar-refractivity contribution in [2.24, 2.45) is 23.3 Å². The smallest absolute Gasteiger partial charge is 0.325 e. The fourth-order valence-electron chi connectivity index (χ4n) is 7.80. The fraction of sp³-hybridized carbons (Fsp3) is 0.735. The minimum Gasteiger partial charge on any atom is -0.459 e. The van der Waals surface area contributed by atoms with Crippen molar-refractivity contribution in [2.75, 3.05) is 45.6 Å². The first-order valence-electron chi connectivity index (χ1n) is 26.3. The molecule has 1 saturated heterocycles. The molecule has 1 rings (SSSR count). The van der Waals surface area contributed by atoms with E-state index in [1.807, 2.05) is 0 Å². The minimum atomic E-state index is -5.10. The number of carbonyl (C=O) groups excluding carboxylic acids is 11. The Morgan fingerprint density at radius 2 is 1.35 bits per heavy atom. The van der Waals surface area contributed by atoms with Gasteiger partial charge < -0.3 is 73.9 Å². The Morgan fingerprint density at radius 1 is 0.782 bits per heavy atom. The number of Topliss-reactive ketones (excluding diaryl/α,β-unsaturated/α-hetero) is 1. The van der Waals surface area contributed by atoms with Gasteiger partial charge in [0.1, 0.15) is 72.2 Å². The number of likely N-dealkylation sites (N-methyl/N-ethyl adjacent to an activating group) is 1. The molecule has 9 atom stereocenters. The molecule has 0 saturated carbocycles. The summed E-state index contributed by atoms with van der Waals surface area (Å²) in [4.78, 5) is 150. The molecule has 15 N–H and O–H groups in total. The number of carbonyl (C=O) groups is 11.